The minimum Gasteiger partial charge on any atom is -0.452 e. The summed E-state index contributed by atoms with van der Waals surface area (Å²) in [6, 6.07) is 13.6. The molecule has 0 aliphatic rings. The lowest BCUT2D eigenvalue weighted by molar-refractivity contribution is -0.132. The zero-order valence-electron chi connectivity index (χ0n) is 17.1. The topological polar surface area (TPSA) is 111 Å². The molecule has 0 aromatic heterocycles. The molecule has 2 N–H and O–H groups in total. The summed E-state index contributed by atoms with van der Waals surface area (Å²) in [6.45, 7) is 4.29. The van der Waals surface area contributed by atoms with Crippen LogP contribution in [0.4, 0.5) is 0 Å². The molecule has 0 radical (unpaired) electrons. The van der Waals surface area contributed by atoms with Crippen LogP contribution in [0.3, 0.4) is 0 Å². The van der Waals surface area contributed by atoms with Gasteiger partial charge in [0.25, 0.3) is 5.91 Å². The number of carbonyl (C=O) groups excluding carboxylic acids is 4. The molecule has 2 aromatic carbocycles. The number of hydrogen-bond acceptors (Lipinski definition) is 6. The predicted molar refractivity (Wildman–Crippen MR) is 110 cm³/mol. The van der Waals surface area contributed by atoms with E-state index < -0.39 is 24.5 Å². The smallest absolute Gasteiger partial charge is 0.338 e. The number of amides is 2. The highest BCUT2D eigenvalue weighted by Crippen LogP contribution is 2.23. The van der Waals surface area contributed by atoms with Gasteiger partial charge in [-0.3, -0.25) is 14.4 Å². The number of carbonyl (C=O) groups is 4. The standard InChI is InChI=1S/C22H24N2O6/c1-14(2)24-20(26)12-23-21(27)13-29-22(28)18-6-4-16(5-7-18)17-8-10-19(11-9-17)30-15(3)25/h4-11,14H,12-13H2,1-3H3,(H,23,27)(H,24,26). The van der Waals surface area contributed by atoms with Gasteiger partial charge in [0, 0.05) is 13.0 Å². The molecular weight excluding hydrogens is 388 g/mol. The molecule has 2 aromatic rings. The van der Waals surface area contributed by atoms with Gasteiger partial charge in [-0.05, 0) is 49.2 Å². The number of rotatable bonds is 8. The molecule has 0 saturated heterocycles. The normalized spacial score (nSPS) is 10.3. The van der Waals surface area contributed by atoms with Crippen molar-refractivity contribution in [3.63, 3.8) is 0 Å². The Morgan fingerprint density at radius 1 is 0.867 bits per heavy atom. The molecule has 0 atom stereocenters. The van der Waals surface area contributed by atoms with Crippen molar-refractivity contribution in [3.8, 4) is 16.9 Å². The summed E-state index contributed by atoms with van der Waals surface area (Å²) in [6.07, 6.45) is 0. The minimum absolute atomic E-state index is 0.0259. The molecule has 158 valence electrons. The van der Waals surface area contributed by atoms with Gasteiger partial charge in [-0.2, -0.15) is 0 Å². The Balaban J connectivity index is 1.85. The molecule has 2 rings (SSSR count). The zero-order chi connectivity index (χ0) is 22.1. The first kappa shape index (κ1) is 22.6. The van der Waals surface area contributed by atoms with Gasteiger partial charge in [0.15, 0.2) is 6.61 Å². The van der Waals surface area contributed by atoms with E-state index in [1.165, 1.54) is 6.92 Å². The predicted octanol–water partition coefficient (Wildman–Crippen LogP) is 2.08. The van der Waals surface area contributed by atoms with Crippen molar-refractivity contribution in [3.05, 3.63) is 54.1 Å². The molecule has 0 saturated carbocycles. The van der Waals surface area contributed by atoms with Gasteiger partial charge in [-0.1, -0.05) is 24.3 Å². The van der Waals surface area contributed by atoms with Crippen molar-refractivity contribution < 1.29 is 28.7 Å². The van der Waals surface area contributed by atoms with E-state index >= 15 is 0 Å². The van der Waals surface area contributed by atoms with Crippen molar-refractivity contribution in [2.75, 3.05) is 13.2 Å². The minimum atomic E-state index is -0.645. The summed E-state index contributed by atoms with van der Waals surface area (Å²) < 4.78 is 9.96. The number of esters is 2. The lowest BCUT2D eigenvalue weighted by atomic mass is 10.0. The first-order valence-corrected chi connectivity index (χ1v) is 9.36. The molecule has 8 nitrogen and oxygen atoms in total. The Hall–Kier alpha value is -3.68. The summed E-state index contributed by atoms with van der Waals surface area (Å²) in [4.78, 5) is 46.2. The Labute approximate surface area is 174 Å². The van der Waals surface area contributed by atoms with E-state index in [2.05, 4.69) is 10.6 Å². The third-order valence-corrected chi connectivity index (χ3v) is 3.80. The fraction of sp³-hybridized carbons (Fsp3) is 0.273. The summed E-state index contributed by atoms with van der Waals surface area (Å²) in [7, 11) is 0. The molecule has 0 heterocycles. The number of hydrogen-bond donors (Lipinski definition) is 2. The molecule has 0 spiro atoms. The van der Waals surface area contributed by atoms with Crippen LogP contribution in [0.5, 0.6) is 5.75 Å². The third kappa shape index (κ3) is 7.38. The molecule has 0 aliphatic carbocycles. The highest BCUT2D eigenvalue weighted by molar-refractivity contribution is 5.92. The molecule has 0 fully saturated rings. The highest BCUT2D eigenvalue weighted by atomic mass is 16.5. The zero-order valence-corrected chi connectivity index (χ0v) is 17.1. The van der Waals surface area contributed by atoms with Crippen LogP contribution in [0.15, 0.2) is 48.5 Å². The van der Waals surface area contributed by atoms with Crippen molar-refractivity contribution in [1.82, 2.24) is 10.6 Å². The van der Waals surface area contributed by atoms with E-state index in [0.29, 0.717) is 11.3 Å². The van der Waals surface area contributed by atoms with E-state index in [9.17, 15) is 19.2 Å². The third-order valence-electron chi connectivity index (χ3n) is 3.80. The fourth-order valence-electron chi connectivity index (χ4n) is 2.50. The first-order valence-electron chi connectivity index (χ1n) is 9.36. The Morgan fingerprint density at radius 2 is 1.43 bits per heavy atom. The lowest BCUT2D eigenvalue weighted by Gasteiger charge is -2.10. The van der Waals surface area contributed by atoms with Gasteiger partial charge in [0.05, 0.1) is 12.1 Å². The van der Waals surface area contributed by atoms with Crippen LogP contribution < -0.4 is 15.4 Å². The van der Waals surface area contributed by atoms with Crippen molar-refractivity contribution in [2.24, 2.45) is 0 Å². The van der Waals surface area contributed by atoms with E-state index in [-0.39, 0.29) is 18.5 Å². The quantitative estimate of drug-likeness (QED) is 0.507. The van der Waals surface area contributed by atoms with Crippen molar-refractivity contribution in [1.29, 1.82) is 0 Å². The van der Waals surface area contributed by atoms with Gasteiger partial charge < -0.3 is 20.1 Å². The molecule has 0 bridgehead atoms. The molecule has 0 aliphatic heterocycles. The largest absolute Gasteiger partial charge is 0.452 e. The number of ether oxygens (including phenoxy) is 2. The van der Waals surface area contributed by atoms with Crippen LogP contribution in [-0.4, -0.2) is 42.9 Å². The maximum Gasteiger partial charge on any atom is 0.338 e. The maximum atomic E-state index is 12.1. The molecule has 0 unspecified atom stereocenters. The summed E-state index contributed by atoms with van der Waals surface area (Å²) in [5.74, 6) is -1.47. The van der Waals surface area contributed by atoms with E-state index in [1.807, 2.05) is 13.8 Å². The average Bonchev–Trinajstić information content (AvgIpc) is 2.70. The second-order valence-corrected chi connectivity index (χ2v) is 6.77. The van der Waals surface area contributed by atoms with Crippen LogP contribution in [0.2, 0.25) is 0 Å². The summed E-state index contributed by atoms with van der Waals surface area (Å²) >= 11 is 0. The van der Waals surface area contributed by atoms with E-state index in [0.717, 1.165) is 11.1 Å². The highest BCUT2D eigenvalue weighted by Gasteiger charge is 2.12. The van der Waals surface area contributed by atoms with E-state index in [1.54, 1.807) is 48.5 Å². The van der Waals surface area contributed by atoms with Crippen LogP contribution in [0.1, 0.15) is 31.1 Å². The van der Waals surface area contributed by atoms with Crippen molar-refractivity contribution >= 4 is 23.8 Å². The molecule has 30 heavy (non-hydrogen) atoms. The second kappa shape index (κ2) is 10.8. The van der Waals surface area contributed by atoms with Gasteiger partial charge in [-0.15, -0.1) is 0 Å². The number of benzene rings is 2. The first-order chi connectivity index (χ1) is 14.2. The monoisotopic (exact) mass is 412 g/mol. The van der Waals surface area contributed by atoms with Crippen molar-refractivity contribution in [2.45, 2.75) is 26.8 Å². The van der Waals surface area contributed by atoms with Crippen LogP contribution in [0.25, 0.3) is 11.1 Å². The van der Waals surface area contributed by atoms with E-state index in [4.69, 9.17) is 9.47 Å². The SMILES string of the molecule is CC(=O)Oc1ccc(-c2ccc(C(=O)OCC(=O)NCC(=O)NC(C)C)cc2)cc1. The molecule has 2 amide bonds. The Morgan fingerprint density at radius 3 is 1.97 bits per heavy atom. The fourth-order valence-corrected chi connectivity index (χ4v) is 2.50. The number of nitrogens with one attached hydrogen (secondary N) is 2. The van der Waals surface area contributed by atoms with Crippen LogP contribution in [0, 0.1) is 0 Å². The van der Waals surface area contributed by atoms with Gasteiger partial charge in [0.1, 0.15) is 5.75 Å². The average molecular weight is 412 g/mol. The summed E-state index contributed by atoms with van der Waals surface area (Å²) in [5, 5.41) is 5.02. The van der Waals surface area contributed by atoms with Gasteiger partial charge >= 0.3 is 11.9 Å². The molecular formula is C22H24N2O6. The van der Waals surface area contributed by atoms with Gasteiger partial charge in [-0.25, -0.2) is 4.79 Å². The summed E-state index contributed by atoms with van der Waals surface area (Å²) in [5.41, 5.74) is 2.03. The molecule has 8 heteroatoms. The van der Waals surface area contributed by atoms with Crippen LogP contribution >= 0.6 is 0 Å². The Kier molecular flexibility index (Phi) is 8.10. The lowest BCUT2D eigenvalue weighted by Crippen LogP contribution is -2.41. The second-order valence-electron chi connectivity index (χ2n) is 6.77. The van der Waals surface area contributed by atoms with Gasteiger partial charge in [0.2, 0.25) is 5.91 Å². The van der Waals surface area contributed by atoms with Crippen LogP contribution in [-0.2, 0) is 19.1 Å². The maximum absolute atomic E-state index is 12.1. The Bertz CT molecular complexity index is 904.